The van der Waals surface area contributed by atoms with Crippen molar-refractivity contribution in [3.63, 3.8) is 0 Å². The van der Waals surface area contributed by atoms with E-state index >= 15 is 0 Å². The number of ether oxygens (including phenoxy) is 2. The number of benzene rings is 2. The lowest BCUT2D eigenvalue weighted by atomic mass is 10.1. The van der Waals surface area contributed by atoms with Crippen molar-refractivity contribution >= 4 is 11.8 Å². The molecule has 36 heavy (non-hydrogen) atoms. The summed E-state index contributed by atoms with van der Waals surface area (Å²) in [4.78, 5) is 29.8. The van der Waals surface area contributed by atoms with Gasteiger partial charge in [-0.25, -0.2) is 0 Å². The van der Waals surface area contributed by atoms with E-state index in [9.17, 15) is 9.59 Å². The number of nitrogens with zero attached hydrogens (tertiary/aromatic N) is 3. The SMILES string of the molecule is CCCCC(=O)N1CCN(C(=O)c2cc(-c3ccc(OC)cc3)n(-c3cccc(OC)c3)c2C)CC1. The maximum absolute atomic E-state index is 13.7. The van der Waals surface area contributed by atoms with Gasteiger partial charge in [0.1, 0.15) is 11.5 Å². The summed E-state index contributed by atoms with van der Waals surface area (Å²) in [7, 11) is 3.29. The van der Waals surface area contributed by atoms with E-state index < -0.39 is 0 Å². The van der Waals surface area contributed by atoms with Crippen LogP contribution in [-0.2, 0) is 4.79 Å². The minimum atomic E-state index is -0.00966. The maximum atomic E-state index is 13.7. The van der Waals surface area contributed by atoms with Crippen molar-refractivity contribution in [2.75, 3.05) is 40.4 Å². The van der Waals surface area contributed by atoms with E-state index in [-0.39, 0.29) is 11.8 Å². The first-order chi connectivity index (χ1) is 17.5. The van der Waals surface area contributed by atoms with Crippen LogP contribution in [0.3, 0.4) is 0 Å². The van der Waals surface area contributed by atoms with Gasteiger partial charge in [-0.1, -0.05) is 19.4 Å². The van der Waals surface area contributed by atoms with Crippen LogP contribution < -0.4 is 9.47 Å². The van der Waals surface area contributed by atoms with Crippen LogP contribution in [0.5, 0.6) is 11.5 Å². The number of carbonyl (C=O) groups is 2. The van der Waals surface area contributed by atoms with Gasteiger partial charge < -0.3 is 23.8 Å². The Hall–Kier alpha value is -3.74. The predicted molar refractivity (Wildman–Crippen MR) is 141 cm³/mol. The highest BCUT2D eigenvalue weighted by Crippen LogP contribution is 2.32. The first-order valence-electron chi connectivity index (χ1n) is 12.5. The molecule has 0 N–H and O–H groups in total. The number of methoxy groups -OCH3 is 2. The highest BCUT2D eigenvalue weighted by Gasteiger charge is 2.28. The minimum Gasteiger partial charge on any atom is -0.497 e. The summed E-state index contributed by atoms with van der Waals surface area (Å²) >= 11 is 0. The molecule has 0 saturated carbocycles. The van der Waals surface area contributed by atoms with Gasteiger partial charge in [0.05, 0.1) is 25.5 Å². The summed E-state index contributed by atoms with van der Waals surface area (Å²) in [6.07, 6.45) is 2.49. The Morgan fingerprint density at radius 3 is 2.17 bits per heavy atom. The largest absolute Gasteiger partial charge is 0.497 e. The molecule has 1 fully saturated rings. The number of amides is 2. The van der Waals surface area contributed by atoms with Gasteiger partial charge in [-0.05, 0) is 61.4 Å². The van der Waals surface area contributed by atoms with Gasteiger partial charge in [-0.3, -0.25) is 9.59 Å². The molecule has 0 spiro atoms. The average molecular weight is 490 g/mol. The third kappa shape index (κ3) is 5.25. The van der Waals surface area contributed by atoms with Crippen LogP contribution in [0.2, 0.25) is 0 Å². The predicted octanol–water partition coefficient (Wildman–Crippen LogP) is 4.94. The molecule has 0 aliphatic carbocycles. The second-order valence-electron chi connectivity index (χ2n) is 9.07. The average Bonchev–Trinajstić information content (AvgIpc) is 3.28. The zero-order chi connectivity index (χ0) is 25.7. The van der Waals surface area contributed by atoms with Gasteiger partial charge >= 0.3 is 0 Å². The highest BCUT2D eigenvalue weighted by molar-refractivity contribution is 5.97. The molecule has 2 amide bonds. The summed E-state index contributed by atoms with van der Waals surface area (Å²) in [5.74, 6) is 1.70. The lowest BCUT2D eigenvalue weighted by Crippen LogP contribution is -2.50. The molecule has 2 aromatic carbocycles. The standard InChI is InChI=1S/C29H35N3O4/c1-5-6-10-28(33)30-15-17-31(18-16-30)29(34)26-20-27(22-11-13-24(35-3)14-12-22)32(21(26)2)23-8-7-9-25(19-23)36-4/h7-9,11-14,19-20H,5-6,10,15-18H2,1-4H3. The van der Waals surface area contributed by atoms with Crippen LogP contribution in [0.15, 0.2) is 54.6 Å². The molecule has 0 atom stereocenters. The van der Waals surface area contributed by atoms with Crippen molar-refractivity contribution in [1.29, 1.82) is 0 Å². The van der Waals surface area contributed by atoms with E-state index in [0.717, 1.165) is 47.0 Å². The quantitative estimate of drug-likeness (QED) is 0.449. The molecule has 0 unspecified atom stereocenters. The van der Waals surface area contributed by atoms with E-state index in [1.807, 2.05) is 71.3 Å². The Bertz CT molecular complexity index is 1210. The Morgan fingerprint density at radius 1 is 0.861 bits per heavy atom. The molecular weight excluding hydrogens is 454 g/mol. The zero-order valence-electron chi connectivity index (χ0n) is 21.6. The van der Waals surface area contributed by atoms with Gasteiger partial charge in [-0.15, -0.1) is 0 Å². The van der Waals surface area contributed by atoms with Crippen LogP contribution in [0, 0.1) is 6.92 Å². The van der Waals surface area contributed by atoms with Crippen molar-refractivity contribution in [3.05, 3.63) is 65.9 Å². The molecule has 3 aromatic rings. The zero-order valence-corrected chi connectivity index (χ0v) is 21.6. The van der Waals surface area contributed by atoms with Gasteiger partial charge in [0, 0.05) is 50.0 Å². The summed E-state index contributed by atoms with van der Waals surface area (Å²) in [6, 6.07) is 17.6. The molecular formula is C29H35N3O4. The Labute approximate surface area is 213 Å². The highest BCUT2D eigenvalue weighted by atomic mass is 16.5. The Morgan fingerprint density at radius 2 is 1.53 bits per heavy atom. The minimum absolute atomic E-state index is 0.00966. The van der Waals surface area contributed by atoms with Gasteiger partial charge in [0.15, 0.2) is 0 Å². The van der Waals surface area contributed by atoms with E-state index in [0.29, 0.717) is 38.2 Å². The summed E-state index contributed by atoms with van der Waals surface area (Å²) < 4.78 is 12.9. The molecule has 2 heterocycles. The first kappa shape index (κ1) is 25.4. The van der Waals surface area contributed by atoms with Crippen LogP contribution >= 0.6 is 0 Å². The van der Waals surface area contributed by atoms with Crippen molar-refractivity contribution in [2.24, 2.45) is 0 Å². The number of piperazine rings is 1. The van der Waals surface area contributed by atoms with Gasteiger partial charge in [0.2, 0.25) is 5.91 Å². The molecule has 7 heteroatoms. The molecule has 0 radical (unpaired) electrons. The van der Waals surface area contributed by atoms with Crippen molar-refractivity contribution in [2.45, 2.75) is 33.1 Å². The van der Waals surface area contributed by atoms with Crippen LogP contribution in [0.1, 0.15) is 42.2 Å². The summed E-state index contributed by atoms with van der Waals surface area (Å²) in [5, 5.41) is 0. The fourth-order valence-corrected chi connectivity index (χ4v) is 4.70. The number of unbranched alkanes of at least 4 members (excludes halogenated alkanes) is 1. The number of hydrogen-bond acceptors (Lipinski definition) is 4. The number of hydrogen-bond donors (Lipinski definition) is 0. The van der Waals surface area contributed by atoms with E-state index in [2.05, 4.69) is 11.5 Å². The maximum Gasteiger partial charge on any atom is 0.255 e. The first-order valence-corrected chi connectivity index (χ1v) is 12.5. The van der Waals surface area contributed by atoms with Crippen LogP contribution in [0.4, 0.5) is 0 Å². The van der Waals surface area contributed by atoms with E-state index in [1.54, 1.807) is 14.2 Å². The molecule has 1 aliphatic rings. The summed E-state index contributed by atoms with van der Waals surface area (Å²) in [5.41, 5.74) is 4.34. The smallest absolute Gasteiger partial charge is 0.255 e. The van der Waals surface area contributed by atoms with Crippen LogP contribution in [0.25, 0.3) is 16.9 Å². The monoisotopic (exact) mass is 489 g/mol. The normalized spacial score (nSPS) is 13.6. The second kappa shape index (κ2) is 11.3. The summed E-state index contributed by atoms with van der Waals surface area (Å²) in [6.45, 7) is 6.30. The second-order valence-corrected chi connectivity index (χ2v) is 9.07. The molecule has 190 valence electrons. The lowest BCUT2D eigenvalue weighted by molar-refractivity contribution is -0.132. The van der Waals surface area contributed by atoms with Crippen LogP contribution in [-0.4, -0.2) is 66.6 Å². The molecule has 4 rings (SSSR count). The Kier molecular flexibility index (Phi) is 7.98. The third-order valence-electron chi connectivity index (χ3n) is 6.84. The molecule has 1 aliphatic heterocycles. The van der Waals surface area contributed by atoms with Gasteiger partial charge in [0.25, 0.3) is 5.91 Å². The van der Waals surface area contributed by atoms with Crippen molar-refractivity contribution in [3.8, 4) is 28.4 Å². The van der Waals surface area contributed by atoms with Crippen molar-refractivity contribution < 1.29 is 19.1 Å². The molecule has 1 saturated heterocycles. The Balaban J connectivity index is 1.65. The molecule has 0 bridgehead atoms. The molecule has 7 nitrogen and oxygen atoms in total. The third-order valence-corrected chi connectivity index (χ3v) is 6.84. The topological polar surface area (TPSA) is 64.0 Å². The van der Waals surface area contributed by atoms with Crippen molar-refractivity contribution in [1.82, 2.24) is 14.4 Å². The lowest BCUT2D eigenvalue weighted by Gasteiger charge is -2.35. The van der Waals surface area contributed by atoms with E-state index in [4.69, 9.17) is 9.47 Å². The fourth-order valence-electron chi connectivity index (χ4n) is 4.70. The fraction of sp³-hybridized carbons (Fsp3) is 0.379. The number of aromatic nitrogens is 1. The van der Waals surface area contributed by atoms with E-state index in [1.165, 1.54) is 0 Å². The molecule has 1 aromatic heterocycles. The number of carbonyl (C=O) groups excluding carboxylic acids is 2. The number of rotatable bonds is 8. The van der Waals surface area contributed by atoms with Gasteiger partial charge in [-0.2, -0.15) is 0 Å².